The Morgan fingerprint density at radius 3 is 2.89 bits per heavy atom. The molecule has 0 aromatic heterocycles. The molecule has 0 aromatic carbocycles. The van der Waals surface area contributed by atoms with Gasteiger partial charge in [-0.2, -0.15) is 0 Å². The highest BCUT2D eigenvalue weighted by atomic mass is 32.2. The van der Waals surface area contributed by atoms with E-state index in [2.05, 4.69) is 5.32 Å². The summed E-state index contributed by atoms with van der Waals surface area (Å²) in [6.07, 6.45) is 3.46. The van der Waals surface area contributed by atoms with Crippen molar-refractivity contribution in [3.05, 3.63) is 0 Å². The topological polar surface area (TPSA) is 64.3 Å². The maximum atomic E-state index is 12.8. The summed E-state index contributed by atoms with van der Waals surface area (Å²) < 4.78 is 31.0. The Morgan fingerprint density at radius 1 is 1.50 bits per heavy atom. The molecule has 1 saturated heterocycles. The number of carbonyl (C=O) groups is 1. The van der Waals surface area contributed by atoms with Crippen LogP contribution in [0.2, 0.25) is 0 Å². The number of hydrogen-bond donors (Lipinski definition) is 2. The molecule has 1 rings (SSSR count). The fourth-order valence-electron chi connectivity index (χ4n) is 1.57. The fraction of sp³-hybridized carbons (Fsp3) is 0.909. The minimum atomic E-state index is -3.02. The van der Waals surface area contributed by atoms with Crippen LogP contribution in [0.25, 0.3) is 0 Å². The van der Waals surface area contributed by atoms with Crippen molar-refractivity contribution in [2.24, 2.45) is 5.73 Å². The fourth-order valence-corrected chi connectivity index (χ4v) is 2.50. The lowest BCUT2D eigenvalue weighted by molar-refractivity contribution is -0.120. The molecule has 0 aromatic rings. The summed E-state index contributed by atoms with van der Waals surface area (Å²) >= 11 is 1.41. The second-order valence-electron chi connectivity index (χ2n) is 4.34. The van der Waals surface area contributed by atoms with Crippen molar-refractivity contribution in [2.75, 3.05) is 31.2 Å². The summed E-state index contributed by atoms with van der Waals surface area (Å²) in [4.78, 5) is 11.3. The molecule has 1 fully saturated rings. The van der Waals surface area contributed by atoms with Gasteiger partial charge in [0.2, 0.25) is 5.91 Å². The highest BCUT2D eigenvalue weighted by Gasteiger charge is 2.27. The number of amides is 1. The van der Waals surface area contributed by atoms with E-state index < -0.39 is 19.0 Å². The second-order valence-corrected chi connectivity index (χ2v) is 5.37. The van der Waals surface area contributed by atoms with Crippen molar-refractivity contribution in [3.8, 4) is 0 Å². The van der Waals surface area contributed by atoms with Gasteiger partial charge in [-0.1, -0.05) is 0 Å². The first kappa shape index (κ1) is 15.7. The molecule has 106 valence electrons. The van der Waals surface area contributed by atoms with Gasteiger partial charge in [-0.15, -0.1) is 11.8 Å². The molecule has 4 nitrogen and oxygen atoms in total. The van der Waals surface area contributed by atoms with Crippen LogP contribution in [0.3, 0.4) is 0 Å². The second kappa shape index (κ2) is 7.91. The Kier molecular flexibility index (Phi) is 6.88. The zero-order chi connectivity index (χ0) is 13.4. The van der Waals surface area contributed by atoms with E-state index in [0.29, 0.717) is 0 Å². The van der Waals surface area contributed by atoms with Crippen molar-refractivity contribution in [2.45, 2.75) is 31.3 Å². The Morgan fingerprint density at radius 2 is 2.28 bits per heavy atom. The van der Waals surface area contributed by atoms with Crippen LogP contribution in [0.1, 0.15) is 19.3 Å². The smallest absolute Gasteiger partial charge is 0.277 e. The number of nitrogens with two attached hydrogens (primary N) is 1. The van der Waals surface area contributed by atoms with E-state index in [9.17, 15) is 13.6 Å². The standard InChI is InChI=1S/C11H20F2N2O2S/c12-11(13,7-14)8-15-10(16)6-18-5-9-3-1-2-4-17-9/h9H,1-8,14H2,(H,15,16). The monoisotopic (exact) mass is 282 g/mol. The molecule has 0 saturated carbocycles. The lowest BCUT2D eigenvalue weighted by atomic mass is 10.1. The normalized spacial score (nSPS) is 20.7. The van der Waals surface area contributed by atoms with Crippen molar-refractivity contribution >= 4 is 17.7 Å². The number of halogens is 2. The predicted octanol–water partition coefficient (Wildman–Crippen LogP) is 0.999. The van der Waals surface area contributed by atoms with Crippen LogP contribution in [-0.4, -0.2) is 49.1 Å². The zero-order valence-electron chi connectivity index (χ0n) is 10.3. The van der Waals surface area contributed by atoms with Gasteiger partial charge in [0.1, 0.15) is 0 Å². The first-order valence-electron chi connectivity index (χ1n) is 6.07. The van der Waals surface area contributed by atoms with E-state index in [1.54, 1.807) is 0 Å². The first-order valence-corrected chi connectivity index (χ1v) is 7.23. The molecule has 0 aliphatic carbocycles. The van der Waals surface area contributed by atoms with Crippen LogP contribution in [0, 0.1) is 0 Å². The maximum absolute atomic E-state index is 12.8. The summed E-state index contributed by atoms with van der Waals surface area (Å²) in [6.45, 7) is -0.667. The molecule has 1 unspecified atom stereocenters. The van der Waals surface area contributed by atoms with Gasteiger partial charge in [0, 0.05) is 12.4 Å². The Hall–Kier alpha value is -0.400. The molecular weight excluding hydrogens is 262 g/mol. The Labute approximate surface area is 110 Å². The number of nitrogens with one attached hydrogen (secondary N) is 1. The van der Waals surface area contributed by atoms with Gasteiger partial charge in [-0.25, -0.2) is 8.78 Å². The van der Waals surface area contributed by atoms with E-state index in [-0.39, 0.29) is 17.8 Å². The minimum absolute atomic E-state index is 0.181. The van der Waals surface area contributed by atoms with Crippen LogP contribution in [0.5, 0.6) is 0 Å². The number of thioether (sulfide) groups is 1. The van der Waals surface area contributed by atoms with Crippen LogP contribution < -0.4 is 11.1 Å². The van der Waals surface area contributed by atoms with E-state index in [1.807, 2.05) is 0 Å². The summed E-state index contributed by atoms with van der Waals surface area (Å²) in [7, 11) is 0. The van der Waals surface area contributed by atoms with Crippen molar-refractivity contribution in [1.82, 2.24) is 5.32 Å². The van der Waals surface area contributed by atoms with Gasteiger partial charge in [0.25, 0.3) is 5.92 Å². The third-order valence-electron chi connectivity index (χ3n) is 2.65. The number of ether oxygens (including phenoxy) is 1. The largest absolute Gasteiger partial charge is 0.377 e. The molecule has 1 aliphatic rings. The third kappa shape index (κ3) is 6.51. The maximum Gasteiger partial charge on any atom is 0.277 e. The van der Waals surface area contributed by atoms with Gasteiger partial charge in [-0.3, -0.25) is 4.79 Å². The molecule has 0 spiro atoms. The lowest BCUT2D eigenvalue weighted by Crippen LogP contribution is -2.42. The van der Waals surface area contributed by atoms with E-state index in [0.717, 1.165) is 31.6 Å². The molecule has 1 atom stereocenters. The average Bonchev–Trinajstić information content (AvgIpc) is 2.38. The number of carbonyl (C=O) groups excluding carboxylic acids is 1. The summed E-state index contributed by atoms with van der Waals surface area (Å²) in [5.74, 6) is -2.49. The molecule has 1 aliphatic heterocycles. The molecule has 1 heterocycles. The van der Waals surface area contributed by atoms with E-state index in [1.165, 1.54) is 11.8 Å². The first-order chi connectivity index (χ1) is 8.53. The van der Waals surface area contributed by atoms with Gasteiger partial charge >= 0.3 is 0 Å². The molecule has 3 N–H and O–H groups in total. The van der Waals surface area contributed by atoms with Crippen molar-refractivity contribution < 1.29 is 18.3 Å². The Balaban J connectivity index is 2.06. The summed E-state index contributed by atoms with van der Waals surface area (Å²) in [6, 6.07) is 0. The van der Waals surface area contributed by atoms with Crippen LogP contribution in [0.4, 0.5) is 8.78 Å². The third-order valence-corrected chi connectivity index (χ3v) is 3.73. The van der Waals surface area contributed by atoms with Crippen LogP contribution >= 0.6 is 11.8 Å². The van der Waals surface area contributed by atoms with Crippen LogP contribution in [0.15, 0.2) is 0 Å². The molecular formula is C11H20F2N2O2S. The molecule has 0 bridgehead atoms. The van der Waals surface area contributed by atoms with Crippen molar-refractivity contribution in [1.29, 1.82) is 0 Å². The van der Waals surface area contributed by atoms with Gasteiger partial charge in [0.15, 0.2) is 0 Å². The highest BCUT2D eigenvalue weighted by molar-refractivity contribution is 7.99. The van der Waals surface area contributed by atoms with E-state index in [4.69, 9.17) is 10.5 Å². The molecule has 18 heavy (non-hydrogen) atoms. The lowest BCUT2D eigenvalue weighted by Gasteiger charge is -2.22. The average molecular weight is 282 g/mol. The summed E-state index contributed by atoms with van der Waals surface area (Å²) in [5.41, 5.74) is 4.87. The molecule has 7 heteroatoms. The van der Waals surface area contributed by atoms with Gasteiger partial charge < -0.3 is 15.8 Å². The number of alkyl halides is 2. The predicted molar refractivity (Wildman–Crippen MR) is 67.9 cm³/mol. The number of rotatable bonds is 7. The highest BCUT2D eigenvalue weighted by Crippen LogP contribution is 2.17. The van der Waals surface area contributed by atoms with Gasteiger partial charge in [0.05, 0.1) is 24.9 Å². The molecule has 1 amide bonds. The quantitative estimate of drug-likeness (QED) is 0.731. The summed E-state index contributed by atoms with van der Waals surface area (Å²) in [5, 5.41) is 2.18. The van der Waals surface area contributed by atoms with Crippen LogP contribution in [-0.2, 0) is 9.53 Å². The SMILES string of the molecule is NCC(F)(F)CNC(=O)CSCC1CCCCO1. The number of hydrogen-bond acceptors (Lipinski definition) is 4. The minimum Gasteiger partial charge on any atom is -0.377 e. The van der Waals surface area contributed by atoms with Crippen molar-refractivity contribution in [3.63, 3.8) is 0 Å². The molecule has 0 radical (unpaired) electrons. The Bertz CT molecular complexity index is 261. The van der Waals surface area contributed by atoms with E-state index >= 15 is 0 Å². The zero-order valence-corrected chi connectivity index (χ0v) is 11.1. The van der Waals surface area contributed by atoms with Gasteiger partial charge in [-0.05, 0) is 19.3 Å².